The van der Waals surface area contributed by atoms with Gasteiger partial charge in [0.2, 0.25) is 0 Å². The number of carbonyl (C=O) groups excluding carboxylic acids is 1. The number of hydrogen-bond donors (Lipinski definition) is 1. The van der Waals surface area contributed by atoms with Crippen molar-refractivity contribution in [3.63, 3.8) is 0 Å². The summed E-state index contributed by atoms with van der Waals surface area (Å²) < 4.78 is 0. The lowest BCUT2D eigenvalue weighted by molar-refractivity contribution is 0.112. The summed E-state index contributed by atoms with van der Waals surface area (Å²) in [5, 5.41) is 9.79. The first-order chi connectivity index (χ1) is 9.13. The van der Waals surface area contributed by atoms with Crippen LogP contribution in [0.2, 0.25) is 5.02 Å². The van der Waals surface area contributed by atoms with Gasteiger partial charge in [0.25, 0.3) is 0 Å². The van der Waals surface area contributed by atoms with Gasteiger partial charge in [0.05, 0.1) is 4.88 Å². The predicted octanol–water partition coefficient (Wildman–Crippen LogP) is 3.65. The van der Waals surface area contributed by atoms with Crippen LogP contribution in [0.5, 0.6) is 0 Å². The Bertz CT molecular complexity index is 590. The predicted molar refractivity (Wildman–Crippen MR) is 79.5 cm³/mol. The van der Waals surface area contributed by atoms with E-state index in [2.05, 4.69) is 0 Å². The van der Waals surface area contributed by atoms with Gasteiger partial charge in [-0.2, -0.15) is 0 Å². The van der Waals surface area contributed by atoms with Crippen molar-refractivity contribution in [2.75, 3.05) is 6.61 Å². The summed E-state index contributed by atoms with van der Waals surface area (Å²) in [5.41, 5.74) is 3.36. The summed E-state index contributed by atoms with van der Waals surface area (Å²) in [5.74, 6) is 0. The molecule has 19 heavy (non-hydrogen) atoms. The number of aliphatic hydroxyl groups excluding tert-OH is 1. The van der Waals surface area contributed by atoms with E-state index in [0.717, 1.165) is 39.2 Å². The molecule has 0 saturated carbocycles. The fraction of sp³-hybridized carbons (Fsp3) is 0.267. The first kappa shape index (κ1) is 14.3. The number of halogens is 1. The molecule has 1 aromatic carbocycles. The van der Waals surface area contributed by atoms with Crippen LogP contribution < -0.4 is 0 Å². The Morgan fingerprint density at radius 2 is 2.05 bits per heavy atom. The van der Waals surface area contributed by atoms with Gasteiger partial charge in [-0.1, -0.05) is 17.7 Å². The second-order valence-electron chi connectivity index (χ2n) is 4.41. The van der Waals surface area contributed by atoms with E-state index in [0.29, 0.717) is 11.4 Å². The van der Waals surface area contributed by atoms with E-state index in [1.165, 1.54) is 11.3 Å². The van der Waals surface area contributed by atoms with E-state index in [1.54, 1.807) is 0 Å². The summed E-state index contributed by atoms with van der Waals surface area (Å²) in [6.07, 6.45) is 2.25. The quantitative estimate of drug-likeness (QED) is 0.855. The summed E-state index contributed by atoms with van der Waals surface area (Å²) in [6.45, 7) is 2.14. The van der Waals surface area contributed by atoms with E-state index < -0.39 is 0 Å². The minimum Gasteiger partial charge on any atom is -0.396 e. The van der Waals surface area contributed by atoms with Crippen LogP contribution in [-0.4, -0.2) is 18.0 Å². The van der Waals surface area contributed by atoms with Crippen molar-refractivity contribution < 1.29 is 9.90 Å². The Balaban J connectivity index is 2.33. The second-order valence-corrected chi connectivity index (χ2v) is 6.14. The fourth-order valence-electron chi connectivity index (χ4n) is 2.11. The molecule has 0 atom stereocenters. The molecule has 0 aliphatic carbocycles. The first-order valence-electron chi connectivity index (χ1n) is 6.06. The molecular weight excluding hydrogens is 280 g/mol. The molecule has 0 saturated heterocycles. The number of aryl methyl sites for hydroxylation is 1. The summed E-state index contributed by atoms with van der Waals surface area (Å²) in [4.78, 5) is 12.7. The normalized spacial score (nSPS) is 10.7. The van der Waals surface area contributed by atoms with Crippen molar-refractivity contribution in [1.82, 2.24) is 0 Å². The SMILES string of the molecule is Cc1sc(C=O)cc1Cc1cc(Cl)ccc1CCO. The van der Waals surface area contributed by atoms with Gasteiger partial charge in [-0.05, 0) is 54.7 Å². The number of thiophene rings is 1. The molecule has 100 valence electrons. The van der Waals surface area contributed by atoms with E-state index in [9.17, 15) is 4.79 Å². The van der Waals surface area contributed by atoms with E-state index >= 15 is 0 Å². The average molecular weight is 295 g/mol. The molecule has 0 bridgehead atoms. The van der Waals surface area contributed by atoms with Gasteiger partial charge in [-0.25, -0.2) is 0 Å². The van der Waals surface area contributed by atoms with Crippen molar-refractivity contribution in [3.05, 3.63) is 55.7 Å². The highest BCUT2D eigenvalue weighted by molar-refractivity contribution is 7.13. The first-order valence-corrected chi connectivity index (χ1v) is 7.26. The van der Waals surface area contributed by atoms with Crippen LogP contribution in [0.15, 0.2) is 24.3 Å². The lowest BCUT2D eigenvalue weighted by Gasteiger charge is -2.09. The molecule has 0 aliphatic heterocycles. The Morgan fingerprint density at radius 3 is 2.68 bits per heavy atom. The monoisotopic (exact) mass is 294 g/mol. The molecule has 0 radical (unpaired) electrons. The van der Waals surface area contributed by atoms with E-state index in [4.69, 9.17) is 16.7 Å². The third-order valence-electron chi connectivity index (χ3n) is 3.09. The Morgan fingerprint density at radius 1 is 1.26 bits per heavy atom. The highest BCUT2D eigenvalue weighted by Crippen LogP contribution is 2.26. The maximum atomic E-state index is 10.8. The fourth-order valence-corrected chi connectivity index (χ4v) is 3.17. The zero-order chi connectivity index (χ0) is 13.8. The van der Waals surface area contributed by atoms with E-state index in [1.807, 2.05) is 31.2 Å². The highest BCUT2D eigenvalue weighted by Gasteiger charge is 2.09. The van der Waals surface area contributed by atoms with Crippen LogP contribution in [0.3, 0.4) is 0 Å². The minimum atomic E-state index is 0.122. The molecule has 4 heteroatoms. The molecule has 2 rings (SSSR count). The standard InChI is InChI=1S/C15H15ClO2S/c1-10-12(8-15(9-18)19-10)6-13-7-14(16)3-2-11(13)4-5-17/h2-3,7-9,17H,4-6H2,1H3. The molecule has 2 aromatic rings. The van der Waals surface area contributed by atoms with Crippen molar-refractivity contribution in [1.29, 1.82) is 0 Å². The number of rotatable bonds is 5. The molecular formula is C15H15ClO2S. The van der Waals surface area contributed by atoms with Crippen molar-refractivity contribution in [3.8, 4) is 0 Å². The van der Waals surface area contributed by atoms with E-state index in [-0.39, 0.29) is 6.61 Å². The minimum absolute atomic E-state index is 0.122. The van der Waals surface area contributed by atoms with Gasteiger partial charge in [-0.15, -0.1) is 11.3 Å². The third-order valence-corrected chi connectivity index (χ3v) is 4.34. The number of aldehydes is 1. The Kier molecular flexibility index (Phi) is 4.75. The molecule has 0 fully saturated rings. The van der Waals surface area contributed by atoms with Crippen LogP contribution in [-0.2, 0) is 12.8 Å². The average Bonchev–Trinajstić information content (AvgIpc) is 2.74. The third kappa shape index (κ3) is 3.44. The van der Waals surface area contributed by atoms with Gasteiger partial charge in [0.1, 0.15) is 0 Å². The van der Waals surface area contributed by atoms with Crippen LogP contribution >= 0.6 is 22.9 Å². The van der Waals surface area contributed by atoms with Crippen LogP contribution in [0, 0.1) is 6.92 Å². The lowest BCUT2D eigenvalue weighted by atomic mass is 9.98. The molecule has 0 spiro atoms. The maximum Gasteiger partial charge on any atom is 0.160 e. The second kappa shape index (κ2) is 6.33. The molecule has 0 aliphatic rings. The lowest BCUT2D eigenvalue weighted by Crippen LogP contribution is -1.99. The van der Waals surface area contributed by atoms with Gasteiger partial charge in [-0.3, -0.25) is 4.79 Å². The summed E-state index contributed by atoms with van der Waals surface area (Å²) in [6, 6.07) is 7.66. The molecule has 0 amide bonds. The summed E-state index contributed by atoms with van der Waals surface area (Å²) in [7, 11) is 0. The van der Waals surface area contributed by atoms with Gasteiger partial charge in [0, 0.05) is 16.5 Å². The Labute approximate surface area is 121 Å². The van der Waals surface area contributed by atoms with Crippen LogP contribution in [0.4, 0.5) is 0 Å². The molecule has 1 N–H and O–H groups in total. The van der Waals surface area contributed by atoms with Gasteiger partial charge >= 0.3 is 0 Å². The number of carbonyl (C=O) groups is 1. The molecule has 2 nitrogen and oxygen atoms in total. The van der Waals surface area contributed by atoms with Gasteiger partial charge < -0.3 is 5.11 Å². The molecule has 0 unspecified atom stereocenters. The zero-order valence-electron chi connectivity index (χ0n) is 10.6. The zero-order valence-corrected chi connectivity index (χ0v) is 12.2. The van der Waals surface area contributed by atoms with Crippen LogP contribution in [0.1, 0.15) is 31.2 Å². The maximum absolute atomic E-state index is 10.8. The topological polar surface area (TPSA) is 37.3 Å². The van der Waals surface area contributed by atoms with Crippen molar-refractivity contribution in [2.24, 2.45) is 0 Å². The molecule has 1 heterocycles. The smallest absolute Gasteiger partial charge is 0.160 e. The number of hydrogen-bond acceptors (Lipinski definition) is 3. The Hall–Kier alpha value is -1.16. The van der Waals surface area contributed by atoms with Crippen LogP contribution in [0.25, 0.3) is 0 Å². The van der Waals surface area contributed by atoms with Crippen molar-refractivity contribution >= 4 is 29.2 Å². The number of aliphatic hydroxyl groups is 1. The summed E-state index contributed by atoms with van der Waals surface area (Å²) >= 11 is 7.55. The largest absolute Gasteiger partial charge is 0.396 e. The van der Waals surface area contributed by atoms with Crippen molar-refractivity contribution in [2.45, 2.75) is 19.8 Å². The highest BCUT2D eigenvalue weighted by atomic mass is 35.5. The molecule has 1 aromatic heterocycles. The number of benzene rings is 1. The van der Waals surface area contributed by atoms with Gasteiger partial charge in [0.15, 0.2) is 6.29 Å².